The largest absolute Gasteiger partial charge is 0.481 e. The number of fused-ring (bicyclic) bond motifs is 2. The molecule has 0 radical (unpaired) electrons. The second kappa shape index (κ2) is 5.04. The van der Waals surface area contributed by atoms with E-state index in [0.717, 1.165) is 12.8 Å². The Labute approximate surface area is 113 Å². The number of aliphatic carboxylic acids is 1. The van der Waals surface area contributed by atoms with E-state index in [1.807, 2.05) is 11.8 Å². The second-order valence-corrected chi connectivity index (χ2v) is 7.70. The summed E-state index contributed by atoms with van der Waals surface area (Å²) in [6.07, 6.45) is 6.00. The summed E-state index contributed by atoms with van der Waals surface area (Å²) in [4.78, 5) is 11.5. The van der Waals surface area contributed by atoms with Crippen LogP contribution in [-0.2, 0) is 4.79 Å². The summed E-state index contributed by atoms with van der Waals surface area (Å²) in [6.45, 7) is 2.28. The highest BCUT2D eigenvalue weighted by molar-refractivity contribution is 7.99. The molecule has 2 N–H and O–H groups in total. The first-order valence-electron chi connectivity index (χ1n) is 7.27. The third kappa shape index (κ3) is 2.18. The molecule has 0 spiro atoms. The van der Waals surface area contributed by atoms with Crippen molar-refractivity contribution in [3.63, 3.8) is 0 Å². The van der Waals surface area contributed by atoms with Gasteiger partial charge in [-0.2, -0.15) is 11.8 Å². The molecular weight excluding hydrogens is 246 g/mol. The Balaban J connectivity index is 1.69. The molecular formula is C14H23NO2S. The summed E-state index contributed by atoms with van der Waals surface area (Å²) in [6, 6.07) is 0.766. The smallest absolute Gasteiger partial charge is 0.308 e. The predicted octanol–water partition coefficient (Wildman–Crippen LogP) is 2.36. The van der Waals surface area contributed by atoms with E-state index in [0.29, 0.717) is 23.1 Å². The van der Waals surface area contributed by atoms with Gasteiger partial charge in [0.25, 0.3) is 0 Å². The maximum atomic E-state index is 11.5. The van der Waals surface area contributed by atoms with Crippen molar-refractivity contribution in [2.24, 2.45) is 17.8 Å². The number of carboxylic acids is 1. The minimum Gasteiger partial charge on any atom is -0.481 e. The van der Waals surface area contributed by atoms with E-state index in [2.05, 4.69) is 12.2 Å². The zero-order valence-corrected chi connectivity index (χ0v) is 11.8. The lowest BCUT2D eigenvalue weighted by atomic mass is 9.83. The van der Waals surface area contributed by atoms with E-state index >= 15 is 0 Å². The average Bonchev–Trinajstić information content (AvgIpc) is 2.92. The Hall–Kier alpha value is -0.220. The maximum absolute atomic E-state index is 11.5. The first-order chi connectivity index (χ1) is 8.66. The molecule has 2 saturated carbocycles. The maximum Gasteiger partial charge on any atom is 0.308 e. The molecule has 6 atom stereocenters. The first kappa shape index (κ1) is 12.8. The highest BCUT2D eigenvalue weighted by atomic mass is 32.2. The fourth-order valence-electron chi connectivity index (χ4n) is 4.28. The molecule has 2 bridgehead atoms. The van der Waals surface area contributed by atoms with Gasteiger partial charge in [-0.3, -0.25) is 4.79 Å². The van der Waals surface area contributed by atoms with E-state index < -0.39 is 5.97 Å². The molecule has 1 aliphatic heterocycles. The summed E-state index contributed by atoms with van der Waals surface area (Å²) in [5.41, 5.74) is 0. The van der Waals surface area contributed by atoms with Crippen molar-refractivity contribution < 1.29 is 9.90 Å². The van der Waals surface area contributed by atoms with E-state index in [1.165, 1.54) is 25.0 Å². The number of hydrogen-bond acceptors (Lipinski definition) is 3. The number of thioether (sulfide) groups is 1. The number of carboxylic acid groups (broad SMARTS) is 1. The molecule has 3 nitrogen and oxygen atoms in total. The van der Waals surface area contributed by atoms with Gasteiger partial charge in [0.1, 0.15) is 0 Å². The lowest BCUT2D eigenvalue weighted by molar-refractivity contribution is -0.144. The van der Waals surface area contributed by atoms with Crippen LogP contribution >= 0.6 is 11.8 Å². The van der Waals surface area contributed by atoms with Crippen LogP contribution in [0.3, 0.4) is 0 Å². The minimum absolute atomic E-state index is 0.122. The number of rotatable bonds is 3. The Bertz CT molecular complexity index is 336. The van der Waals surface area contributed by atoms with Crippen molar-refractivity contribution in [2.75, 3.05) is 5.75 Å². The van der Waals surface area contributed by atoms with Gasteiger partial charge in [-0.1, -0.05) is 6.92 Å². The summed E-state index contributed by atoms with van der Waals surface area (Å²) in [5.74, 6) is 1.63. The van der Waals surface area contributed by atoms with Crippen molar-refractivity contribution in [2.45, 2.75) is 56.4 Å². The predicted molar refractivity (Wildman–Crippen MR) is 73.8 cm³/mol. The van der Waals surface area contributed by atoms with Crippen LogP contribution in [0.15, 0.2) is 0 Å². The molecule has 0 aromatic heterocycles. The molecule has 18 heavy (non-hydrogen) atoms. The van der Waals surface area contributed by atoms with E-state index in [1.54, 1.807) is 0 Å². The van der Waals surface area contributed by atoms with Crippen LogP contribution in [0.25, 0.3) is 0 Å². The fourth-order valence-corrected chi connectivity index (χ4v) is 5.43. The number of hydrogen-bond donors (Lipinski definition) is 2. The third-order valence-electron chi connectivity index (χ3n) is 5.21. The van der Waals surface area contributed by atoms with E-state index in [4.69, 9.17) is 0 Å². The van der Waals surface area contributed by atoms with Crippen molar-refractivity contribution in [3.05, 3.63) is 0 Å². The van der Waals surface area contributed by atoms with Gasteiger partial charge in [0.15, 0.2) is 0 Å². The van der Waals surface area contributed by atoms with Crippen LogP contribution in [0.4, 0.5) is 0 Å². The van der Waals surface area contributed by atoms with Gasteiger partial charge in [0.2, 0.25) is 0 Å². The molecule has 102 valence electrons. The van der Waals surface area contributed by atoms with Crippen LogP contribution < -0.4 is 5.32 Å². The Morgan fingerprint density at radius 2 is 2.06 bits per heavy atom. The Kier molecular flexibility index (Phi) is 3.59. The quantitative estimate of drug-likeness (QED) is 0.826. The molecule has 4 heteroatoms. The molecule has 3 aliphatic rings. The SMILES string of the molecule is CC1SCCCC1NC1C2CCC(C2)C1C(=O)O. The van der Waals surface area contributed by atoms with Crippen LogP contribution in [0, 0.1) is 17.8 Å². The zero-order valence-electron chi connectivity index (χ0n) is 11.0. The molecule has 3 fully saturated rings. The second-order valence-electron chi connectivity index (χ2n) is 6.21. The highest BCUT2D eigenvalue weighted by Gasteiger charge is 2.51. The standard InChI is InChI=1S/C14H23NO2S/c1-8-11(3-2-6-18-8)15-13-10-5-4-9(7-10)12(13)14(16)17/h8-13,15H,2-7H2,1H3,(H,16,17). The molecule has 6 unspecified atom stereocenters. The monoisotopic (exact) mass is 269 g/mol. The third-order valence-corrected chi connectivity index (χ3v) is 6.59. The van der Waals surface area contributed by atoms with Crippen LogP contribution in [0.2, 0.25) is 0 Å². The highest BCUT2D eigenvalue weighted by Crippen LogP contribution is 2.49. The van der Waals surface area contributed by atoms with Gasteiger partial charge >= 0.3 is 5.97 Å². The zero-order chi connectivity index (χ0) is 12.7. The summed E-state index contributed by atoms with van der Waals surface area (Å²) in [5, 5.41) is 13.8. The molecule has 1 heterocycles. The van der Waals surface area contributed by atoms with Gasteiger partial charge in [-0.05, 0) is 49.7 Å². The molecule has 0 aromatic rings. The summed E-state index contributed by atoms with van der Waals surface area (Å²) in [7, 11) is 0. The summed E-state index contributed by atoms with van der Waals surface area (Å²) >= 11 is 2.03. The summed E-state index contributed by atoms with van der Waals surface area (Å²) < 4.78 is 0. The van der Waals surface area contributed by atoms with Gasteiger partial charge in [0.05, 0.1) is 5.92 Å². The normalized spacial score (nSPS) is 47.4. The average molecular weight is 269 g/mol. The fraction of sp³-hybridized carbons (Fsp3) is 0.929. The molecule has 0 amide bonds. The topological polar surface area (TPSA) is 49.3 Å². The molecule has 3 rings (SSSR count). The Morgan fingerprint density at radius 1 is 1.28 bits per heavy atom. The van der Waals surface area contributed by atoms with Crippen molar-refractivity contribution in [3.8, 4) is 0 Å². The van der Waals surface area contributed by atoms with Gasteiger partial charge < -0.3 is 10.4 Å². The van der Waals surface area contributed by atoms with E-state index in [9.17, 15) is 9.90 Å². The number of nitrogens with one attached hydrogen (secondary N) is 1. The lowest BCUT2D eigenvalue weighted by Crippen LogP contribution is -2.52. The van der Waals surface area contributed by atoms with Gasteiger partial charge in [-0.15, -0.1) is 0 Å². The van der Waals surface area contributed by atoms with Gasteiger partial charge in [0, 0.05) is 17.3 Å². The molecule has 0 aromatic carbocycles. The van der Waals surface area contributed by atoms with Crippen LogP contribution in [-0.4, -0.2) is 34.2 Å². The number of carbonyl (C=O) groups is 1. The minimum atomic E-state index is -0.573. The van der Waals surface area contributed by atoms with Crippen molar-refractivity contribution in [1.82, 2.24) is 5.32 Å². The van der Waals surface area contributed by atoms with E-state index in [-0.39, 0.29) is 12.0 Å². The van der Waals surface area contributed by atoms with Crippen LogP contribution in [0.5, 0.6) is 0 Å². The van der Waals surface area contributed by atoms with Crippen LogP contribution in [0.1, 0.15) is 39.0 Å². The Morgan fingerprint density at radius 3 is 2.78 bits per heavy atom. The van der Waals surface area contributed by atoms with Gasteiger partial charge in [-0.25, -0.2) is 0 Å². The molecule has 2 aliphatic carbocycles. The van der Waals surface area contributed by atoms with Crippen molar-refractivity contribution in [1.29, 1.82) is 0 Å². The lowest BCUT2D eigenvalue weighted by Gasteiger charge is -2.37. The van der Waals surface area contributed by atoms with Crippen molar-refractivity contribution >= 4 is 17.7 Å². The molecule has 1 saturated heterocycles. The first-order valence-corrected chi connectivity index (χ1v) is 8.32.